The monoisotopic (exact) mass is 275 g/mol. The number of benzene rings is 1. The summed E-state index contributed by atoms with van der Waals surface area (Å²) in [4.78, 5) is 10.1. The molecule has 2 N–H and O–H groups in total. The molecule has 0 aromatic heterocycles. The van der Waals surface area contributed by atoms with Crippen LogP contribution in [0.15, 0.2) is 18.2 Å². The number of rotatable bonds is 6. The average molecular weight is 276 g/mol. The summed E-state index contributed by atoms with van der Waals surface area (Å²) < 4.78 is 5.25. The van der Waals surface area contributed by atoms with E-state index in [2.05, 4.69) is 0 Å². The Labute approximate surface area is 109 Å². The van der Waals surface area contributed by atoms with Gasteiger partial charge in [0.05, 0.1) is 23.5 Å². The molecule has 0 aliphatic rings. The summed E-state index contributed by atoms with van der Waals surface area (Å²) in [6.07, 6.45) is -2.54. The Bertz CT molecular complexity index is 426. The van der Waals surface area contributed by atoms with Crippen LogP contribution in [0.3, 0.4) is 0 Å². The topological polar surface area (TPSA) is 92.8 Å². The number of alkyl halides is 1. The van der Waals surface area contributed by atoms with Crippen LogP contribution >= 0.6 is 11.6 Å². The largest absolute Gasteiger partial charge is 0.493 e. The molecule has 0 spiro atoms. The Kier molecular flexibility index (Phi) is 5.33. The van der Waals surface area contributed by atoms with E-state index in [4.69, 9.17) is 16.3 Å². The van der Waals surface area contributed by atoms with Gasteiger partial charge < -0.3 is 14.9 Å². The molecule has 0 bridgehead atoms. The van der Waals surface area contributed by atoms with Gasteiger partial charge in [0.15, 0.2) is 0 Å². The van der Waals surface area contributed by atoms with E-state index in [1.807, 2.05) is 0 Å². The van der Waals surface area contributed by atoms with E-state index in [0.29, 0.717) is 12.4 Å². The van der Waals surface area contributed by atoms with Crippen molar-refractivity contribution in [3.63, 3.8) is 0 Å². The van der Waals surface area contributed by atoms with Crippen molar-refractivity contribution in [3.8, 4) is 5.75 Å². The van der Waals surface area contributed by atoms with Crippen LogP contribution in [0.1, 0.15) is 18.6 Å². The summed E-state index contributed by atoms with van der Waals surface area (Å²) in [5, 5.41) is 30.0. The van der Waals surface area contributed by atoms with Gasteiger partial charge in [-0.05, 0) is 13.0 Å². The number of hydrogen-bond acceptors (Lipinski definition) is 5. The lowest BCUT2D eigenvalue weighted by Gasteiger charge is -2.18. The van der Waals surface area contributed by atoms with Crippen molar-refractivity contribution < 1.29 is 19.9 Å². The van der Waals surface area contributed by atoms with Gasteiger partial charge in [0, 0.05) is 17.7 Å². The fourth-order valence-corrected chi connectivity index (χ4v) is 1.63. The summed E-state index contributed by atoms with van der Waals surface area (Å²) in [6.45, 7) is 2.09. The number of aliphatic hydroxyl groups excluding tert-OH is 2. The van der Waals surface area contributed by atoms with Gasteiger partial charge in [0.25, 0.3) is 5.69 Å². The van der Waals surface area contributed by atoms with Crippen molar-refractivity contribution in [1.29, 1.82) is 0 Å². The first-order valence-electron chi connectivity index (χ1n) is 5.34. The molecule has 18 heavy (non-hydrogen) atoms. The highest BCUT2D eigenvalue weighted by Crippen LogP contribution is 2.31. The predicted octanol–water partition coefficient (Wildman–Crippen LogP) is 1.63. The van der Waals surface area contributed by atoms with E-state index >= 15 is 0 Å². The normalized spacial score (nSPS) is 14.0. The molecule has 0 saturated heterocycles. The lowest BCUT2D eigenvalue weighted by atomic mass is 10.0. The minimum absolute atomic E-state index is 0.152. The first kappa shape index (κ1) is 14.7. The maximum atomic E-state index is 10.7. The van der Waals surface area contributed by atoms with Gasteiger partial charge in [-0.2, -0.15) is 0 Å². The molecule has 1 aromatic rings. The van der Waals surface area contributed by atoms with E-state index < -0.39 is 17.1 Å². The highest BCUT2D eigenvalue weighted by molar-refractivity contribution is 6.18. The standard InChI is InChI=1S/C11H14ClNO5/c1-2-18-10-4-3-7(13(16)17)5-8(10)11(15)9(14)6-12/h3-5,9,11,14-15H,2,6H2,1H3. The minimum atomic E-state index is -1.33. The van der Waals surface area contributed by atoms with Crippen LogP contribution in [0.4, 0.5) is 5.69 Å². The Morgan fingerprint density at radius 2 is 2.17 bits per heavy atom. The zero-order valence-electron chi connectivity index (χ0n) is 9.75. The number of halogens is 1. The fourth-order valence-electron chi connectivity index (χ4n) is 1.46. The van der Waals surface area contributed by atoms with Crippen LogP contribution < -0.4 is 4.74 Å². The number of aliphatic hydroxyl groups is 2. The second kappa shape index (κ2) is 6.53. The number of ether oxygens (including phenoxy) is 1. The van der Waals surface area contributed by atoms with Crippen molar-refractivity contribution in [1.82, 2.24) is 0 Å². The van der Waals surface area contributed by atoms with Gasteiger partial charge in [-0.1, -0.05) is 0 Å². The summed E-state index contributed by atoms with van der Waals surface area (Å²) in [5.74, 6) is 0.106. The molecule has 0 saturated carbocycles. The molecule has 100 valence electrons. The molecular weight excluding hydrogens is 262 g/mol. The summed E-state index contributed by atoms with van der Waals surface area (Å²) in [7, 11) is 0. The van der Waals surface area contributed by atoms with E-state index in [9.17, 15) is 20.3 Å². The van der Waals surface area contributed by atoms with Crippen molar-refractivity contribution in [2.75, 3.05) is 12.5 Å². The van der Waals surface area contributed by atoms with Crippen molar-refractivity contribution in [3.05, 3.63) is 33.9 Å². The molecular formula is C11H14ClNO5. The molecule has 7 heteroatoms. The van der Waals surface area contributed by atoms with E-state index in [1.165, 1.54) is 18.2 Å². The van der Waals surface area contributed by atoms with Gasteiger partial charge in [-0.25, -0.2) is 0 Å². The molecule has 2 atom stereocenters. The third-order valence-corrected chi connectivity index (χ3v) is 2.66. The number of non-ortho nitro benzene ring substituents is 1. The summed E-state index contributed by atoms with van der Waals surface area (Å²) in [6, 6.07) is 3.83. The van der Waals surface area contributed by atoms with Crippen molar-refractivity contribution >= 4 is 17.3 Å². The predicted molar refractivity (Wildman–Crippen MR) is 66.0 cm³/mol. The second-order valence-electron chi connectivity index (χ2n) is 3.58. The SMILES string of the molecule is CCOc1ccc([N+](=O)[O-])cc1C(O)C(O)CCl. The zero-order chi connectivity index (χ0) is 13.7. The smallest absolute Gasteiger partial charge is 0.270 e. The van der Waals surface area contributed by atoms with Gasteiger partial charge in [-0.3, -0.25) is 10.1 Å². The number of nitro benzene ring substituents is 1. The van der Waals surface area contributed by atoms with Gasteiger partial charge in [0.2, 0.25) is 0 Å². The van der Waals surface area contributed by atoms with E-state index in [1.54, 1.807) is 6.92 Å². The molecule has 0 heterocycles. The summed E-state index contributed by atoms with van der Waals surface area (Å²) in [5.41, 5.74) is -0.0338. The zero-order valence-corrected chi connectivity index (χ0v) is 10.5. The molecule has 6 nitrogen and oxygen atoms in total. The third-order valence-electron chi connectivity index (χ3n) is 2.35. The minimum Gasteiger partial charge on any atom is -0.493 e. The molecule has 1 aromatic carbocycles. The molecule has 0 aliphatic heterocycles. The lowest BCUT2D eigenvalue weighted by molar-refractivity contribution is -0.385. The molecule has 0 radical (unpaired) electrons. The van der Waals surface area contributed by atoms with Crippen LogP contribution in [0.5, 0.6) is 5.75 Å². The Hall–Kier alpha value is -1.37. The molecule has 2 unspecified atom stereocenters. The van der Waals surface area contributed by atoms with Crippen LogP contribution in [0.25, 0.3) is 0 Å². The fraction of sp³-hybridized carbons (Fsp3) is 0.455. The van der Waals surface area contributed by atoms with Crippen LogP contribution in [-0.2, 0) is 0 Å². The van der Waals surface area contributed by atoms with Crippen LogP contribution in [-0.4, -0.2) is 33.7 Å². The van der Waals surface area contributed by atoms with Gasteiger partial charge in [0.1, 0.15) is 11.9 Å². The third kappa shape index (κ3) is 3.32. The number of nitrogens with zero attached hydrogens (tertiary/aromatic N) is 1. The highest BCUT2D eigenvalue weighted by atomic mass is 35.5. The maximum absolute atomic E-state index is 10.7. The number of nitro groups is 1. The first-order chi connectivity index (χ1) is 8.51. The van der Waals surface area contributed by atoms with E-state index in [-0.39, 0.29) is 17.1 Å². The van der Waals surface area contributed by atoms with E-state index in [0.717, 1.165) is 0 Å². The maximum Gasteiger partial charge on any atom is 0.270 e. The Morgan fingerprint density at radius 1 is 1.50 bits per heavy atom. The summed E-state index contributed by atoms with van der Waals surface area (Å²) >= 11 is 5.44. The quantitative estimate of drug-likeness (QED) is 0.467. The van der Waals surface area contributed by atoms with Crippen LogP contribution in [0, 0.1) is 10.1 Å². The molecule has 0 fully saturated rings. The lowest BCUT2D eigenvalue weighted by Crippen LogP contribution is -2.20. The average Bonchev–Trinajstić information content (AvgIpc) is 2.37. The molecule has 0 aliphatic carbocycles. The van der Waals surface area contributed by atoms with Gasteiger partial charge in [-0.15, -0.1) is 11.6 Å². The molecule has 1 rings (SSSR count). The highest BCUT2D eigenvalue weighted by Gasteiger charge is 2.23. The van der Waals surface area contributed by atoms with Crippen LogP contribution in [0.2, 0.25) is 0 Å². The van der Waals surface area contributed by atoms with Crippen molar-refractivity contribution in [2.45, 2.75) is 19.1 Å². The molecule has 0 amide bonds. The number of hydrogen-bond donors (Lipinski definition) is 2. The second-order valence-corrected chi connectivity index (χ2v) is 3.89. The first-order valence-corrected chi connectivity index (χ1v) is 5.88. The Balaban J connectivity index is 3.18. The van der Waals surface area contributed by atoms with Gasteiger partial charge >= 0.3 is 0 Å². The Morgan fingerprint density at radius 3 is 2.67 bits per heavy atom. The van der Waals surface area contributed by atoms with Crippen molar-refractivity contribution in [2.24, 2.45) is 0 Å².